The molecule has 0 saturated carbocycles. The van der Waals surface area contributed by atoms with E-state index in [9.17, 15) is 4.79 Å². The molecule has 1 atom stereocenters. The molecule has 19 heavy (non-hydrogen) atoms. The van der Waals surface area contributed by atoms with Crippen molar-refractivity contribution in [1.29, 1.82) is 0 Å². The number of aryl methyl sites for hydroxylation is 1. The standard InChI is InChI=1S/C16H22N2O/c19-16(8-7-13-9-10-17-12-13)18-11-3-5-14-4-1-2-6-15(14)18/h1-2,4,6,13,17H,3,5,7-12H2. The van der Waals surface area contributed by atoms with Gasteiger partial charge < -0.3 is 10.2 Å². The van der Waals surface area contributed by atoms with Gasteiger partial charge in [-0.25, -0.2) is 0 Å². The van der Waals surface area contributed by atoms with Crippen molar-refractivity contribution in [3.8, 4) is 0 Å². The molecule has 1 aromatic rings. The van der Waals surface area contributed by atoms with E-state index >= 15 is 0 Å². The molecule has 2 aliphatic heterocycles. The molecular formula is C16H22N2O. The average Bonchev–Trinajstić information content (AvgIpc) is 2.97. The topological polar surface area (TPSA) is 32.3 Å². The Balaban J connectivity index is 1.64. The van der Waals surface area contributed by atoms with Crippen molar-refractivity contribution in [2.45, 2.75) is 32.1 Å². The normalized spacial score (nSPS) is 22.3. The molecule has 1 amide bonds. The number of rotatable bonds is 3. The lowest BCUT2D eigenvalue weighted by Crippen LogP contribution is -2.35. The predicted molar refractivity (Wildman–Crippen MR) is 77.3 cm³/mol. The molecule has 1 saturated heterocycles. The summed E-state index contributed by atoms with van der Waals surface area (Å²) in [5.74, 6) is 1.00. The van der Waals surface area contributed by atoms with Crippen LogP contribution in [-0.2, 0) is 11.2 Å². The quantitative estimate of drug-likeness (QED) is 0.902. The van der Waals surface area contributed by atoms with Crippen molar-refractivity contribution in [3.05, 3.63) is 29.8 Å². The molecule has 102 valence electrons. The number of hydrogen-bond acceptors (Lipinski definition) is 2. The maximum absolute atomic E-state index is 12.4. The Bertz CT molecular complexity index is 452. The minimum Gasteiger partial charge on any atom is -0.316 e. The summed E-state index contributed by atoms with van der Waals surface area (Å²) < 4.78 is 0. The van der Waals surface area contributed by atoms with Gasteiger partial charge in [-0.05, 0) is 56.3 Å². The largest absolute Gasteiger partial charge is 0.316 e. The van der Waals surface area contributed by atoms with Crippen molar-refractivity contribution >= 4 is 11.6 Å². The highest BCUT2D eigenvalue weighted by atomic mass is 16.2. The van der Waals surface area contributed by atoms with Crippen molar-refractivity contribution in [2.75, 3.05) is 24.5 Å². The van der Waals surface area contributed by atoms with E-state index in [0.717, 1.165) is 44.6 Å². The molecule has 0 aliphatic carbocycles. The molecule has 1 aromatic carbocycles. The molecular weight excluding hydrogens is 236 g/mol. The monoisotopic (exact) mass is 258 g/mol. The molecule has 0 bridgehead atoms. The smallest absolute Gasteiger partial charge is 0.226 e. The fourth-order valence-corrected chi connectivity index (χ4v) is 3.22. The summed E-state index contributed by atoms with van der Waals surface area (Å²) in [6.45, 7) is 3.09. The maximum Gasteiger partial charge on any atom is 0.226 e. The lowest BCUT2D eigenvalue weighted by Gasteiger charge is -2.29. The molecule has 3 rings (SSSR count). The Kier molecular flexibility index (Phi) is 3.83. The van der Waals surface area contributed by atoms with Crippen molar-refractivity contribution < 1.29 is 4.79 Å². The Labute approximate surface area is 115 Å². The summed E-state index contributed by atoms with van der Waals surface area (Å²) in [4.78, 5) is 14.4. The number of nitrogens with one attached hydrogen (secondary N) is 1. The van der Waals surface area contributed by atoms with Crippen molar-refractivity contribution in [2.24, 2.45) is 5.92 Å². The zero-order valence-electron chi connectivity index (χ0n) is 11.4. The van der Waals surface area contributed by atoms with Crippen LogP contribution in [0.25, 0.3) is 0 Å². The lowest BCUT2D eigenvalue weighted by atomic mass is 9.99. The van der Waals surface area contributed by atoms with Crippen LogP contribution >= 0.6 is 0 Å². The first-order valence-electron chi connectivity index (χ1n) is 7.43. The van der Waals surface area contributed by atoms with Crippen molar-refractivity contribution in [1.82, 2.24) is 5.32 Å². The molecule has 2 aliphatic rings. The third-order valence-electron chi connectivity index (χ3n) is 4.34. The number of anilines is 1. The number of fused-ring (bicyclic) bond motifs is 1. The second-order valence-corrected chi connectivity index (χ2v) is 5.68. The molecule has 3 nitrogen and oxygen atoms in total. The first-order chi connectivity index (χ1) is 9.34. The Morgan fingerprint density at radius 3 is 3.11 bits per heavy atom. The highest BCUT2D eigenvalue weighted by Crippen LogP contribution is 2.28. The third kappa shape index (κ3) is 2.81. The van der Waals surface area contributed by atoms with E-state index in [-0.39, 0.29) is 0 Å². The van der Waals surface area contributed by atoms with Crippen LogP contribution in [0.15, 0.2) is 24.3 Å². The second kappa shape index (κ2) is 5.74. The number of carbonyl (C=O) groups is 1. The van der Waals surface area contributed by atoms with Crippen LogP contribution in [-0.4, -0.2) is 25.5 Å². The number of para-hydroxylation sites is 1. The van der Waals surface area contributed by atoms with Crippen LogP contribution in [0.2, 0.25) is 0 Å². The number of carbonyl (C=O) groups excluding carboxylic acids is 1. The van der Waals surface area contributed by atoms with E-state index in [1.54, 1.807) is 0 Å². The fraction of sp³-hybridized carbons (Fsp3) is 0.562. The highest BCUT2D eigenvalue weighted by molar-refractivity contribution is 5.94. The summed E-state index contributed by atoms with van der Waals surface area (Å²) >= 11 is 0. The summed E-state index contributed by atoms with van der Waals surface area (Å²) in [5, 5.41) is 3.37. The van der Waals surface area contributed by atoms with E-state index in [1.165, 1.54) is 12.0 Å². The molecule has 1 fully saturated rings. The Hall–Kier alpha value is -1.35. The van der Waals surface area contributed by atoms with E-state index < -0.39 is 0 Å². The molecule has 1 unspecified atom stereocenters. The first-order valence-corrected chi connectivity index (χ1v) is 7.43. The maximum atomic E-state index is 12.4. The van der Waals surface area contributed by atoms with Crippen LogP contribution in [0.3, 0.4) is 0 Å². The molecule has 2 heterocycles. The summed E-state index contributed by atoms with van der Waals surface area (Å²) in [6.07, 6.45) is 5.15. The van der Waals surface area contributed by atoms with Gasteiger partial charge in [0.25, 0.3) is 0 Å². The second-order valence-electron chi connectivity index (χ2n) is 5.68. The zero-order chi connectivity index (χ0) is 13.1. The Morgan fingerprint density at radius 1 is 1.37 bits per heavy atom. The number of nitrogens with zero attached hydrogens (tertiary/aromatic N) is 1. The fourth-order valence-electron chi connectivity index (χ4n) is 3.22. The zero-order valence-corrected chi connectivity index (χ0v) is 11.4. The van der Waals surface area contributed by atoms with E-state index in [1.807, 2.05) is 11.0 Å². The van der Waals surface area contributed by atoms with Gasteiger partial charge in [0.1, 0.15) is 0 Å². The number of hydrogen-bond donors (Lipinski definition) is 1. The molecule has 0 radical (unpaired) electrons. The number of amides is 1. The van der Waals surface area contributed by atoms with Gasteiger partial charge in [-0.2, -0.15) is 0 Å². The minimum atomic E-state index is 0.305. The lowest BCUT2D eigenvalue weighted by molar-refractivity contribution is -0.119. The van der Waals surface area contributed by atoms with Gasteiger partial charge in [0.2, 0.25) is 5.91 Å². The highest BCUT2D eigenvalue weighted by Gasteiger charge is 2.23. The molecule has 1 N–H and O–H groups in total. The van der Waals surface area contributed by atoms with E-state index in [4.69, 9.17) is 0 Å². The van der Waals surface area contributed by atoms with Crippen LogP contribution in [0, 0.1) is 5.92 Å². The van der Waals surface area contributed by atoms with Gasteiger partial charge in [-0.3, -0.25) is 4.79 Å². The molecule has 0 aromatic heterocycles. The molecule has 3 heteroatoms. The third-order valence-corrected chi connectivity index (χ3v) is 4.34. The van der Waals surface area contributed by atoms with E-state index in [2.05, 4.69) is 23.5 Å². The van der Waals surface area contributed by atoms with Gasteiger partial charge in [-0.15, -0.1) is 0 Å². The van der Waals surface area contributed by atoms with Gasteiger partial charge in [0, 0.05) is 18.7 Å². The van der Waals surface area contributed by atoms with Crippen LogP contribution in [0.1, 0.15) is 31.2 Å². The van der Waals surface area contributed by atoms with Crippen LogP contribution in [0.5, 0.6) is 0 Å². The van der Waals surface area contributed by atoms with Crippen molar-refractivity contribution in [3.63, 3.8) is 0 Å². The van der Waals surface area contributed by atoms with Gasteiger partial charge >= 0.3 is 0 Å². The summed E-state index contributed by atoms with van der Waals surface area (Å²) in [5.41, 5.74) is 2.47. The van der Waals surface area contributed by atoms with Gasteiger partial charge in [0.15, 0.2) is 0 Å². The van der Waals surface area contributed by atoms with Gasteiger partial charge in [0.05, 0.1) is 0 Å². The number of benzene rings is 1. The van der Waals surface area contributed by atoms with Crippen LogP contribution < -0.4 is 10.2 Å². The molecule has 0 spiro atoms. The van der Waals surface area contributed by atoms with E-state index in [0.29, 0.717) is 18.2 Å². The Morgan fingerprint density at radius 2 is 2.26 bits per heavy atom. The minimum absolute atomic E-state index is 0.305. The van der Waals surface area contributed by atoms with Crippen LogP contribution in [0.4, 0.5) is 5.69 Å². The SMILES string of the molecule is O=C(CCC1CCNC1)N1CCCc2ccccc21. The average molecular weight is 258 g/mol. The van der Waals surface area contributed by atoms with Gasteiger partial charge in [-0.1, -0.05) is 18.2 Å². The summed E-state index contributed by atoms with van der Waals surface area (Å²) in [7, 11) is 0. The predicted octanol–water partition coefficient (Wildman–Crippen LogP) is 2.36. The first kappa shape index (κ1) is 12.7. The summed E-state index contributed by atoms with van der Waals surface area (Å²) in [6, 6.07) is 8.33.